The number of hydrogen-bond acceptors (Lipinski definition) is 6. The maximum Gasteiger partial charge on any atom is 0.340 e. The third kappa shape index (κ3) is 2.75. The number of ether oxygens (including phenoxy) is 2. The standard InChI is InChI=1S/C16H17NO6/c1-9-10-5-14(21-2)12(18)7-13(10)23-16(20)11(9)6-15(19)17-3-4-22-8-17/h5,7,18H,3-4,6,8H2,1-2H3. The Labute approximate surface area is 132 Å². The average Bonchev–Trinajstić information content (AvgIpc) is 3.05. The number of methoxy groups -OCH3 is 1. The molecule has 1 amide bonds. The number of aromatic hydroxyl groups is 1. The van der Waals surface area contributed by atoms with E-state index in [-0.39, 0.29) is 36.1 Å². The summed E-state index contributed by atoms with van der Waals surface area (Å²) in [5.41, 5.74) is 0.629. The zero-order chi connectivity index (χ0) is 16.6. The van der Waals surface area contributed by atoms with E-state index in [1.54, 1.807) is 17.9 Å². The lowest BCUT2D eigenvalue weighted by Crippen LogP contribution is -2.31. The van der Waals surface area contributed by atoms with E-state index in [2.05, 4.69) is 0 Å². The zero-order valence-electron chi connectivity index (χ0n) is 12.9. The van der Waals surface area contributed by atoms with Crippen LogP contribution in [0.4, 0.5) is 0 Å². The lowest BCUT2D eigenvalue weighted by atomic mass is 10.0. The SMILES string of the molecule is COc1cc2c(C)c(CC(=O)N3CCOC3)c(=O)oc2cc1O. The molecular weight excluding hydrogens is 302 g/mol. The molecule has 1 aliphatic rings. The molecule has 1 aromatic heterocycles. The molecule has 2 aromatic rings. The van der Waals surface area contributed by atoms with Crippen LogP contribution in [0.3, 0.4) is 0 Å². The van der Waals surface area contributed by atoms with Gasteiger partial charge in [0.25, 0.3) is 0 Å². The second kappa shape index (κ2) is 5.92. The molecule has 1 fully saturated rings. The largest absolute Gasteiger partial charge is 0.504 e. The van der Waals surface area contributed by atoms with Crippen molar-refractivity contribution in [2.24, 2.45) is 0 Å². The van der Waals surface area contributed by atoms with Crippen molar-refractivity contribution in [2.45, 2.75) is 13.3 Å². The van der Waals surface area contributed by atoms with Crippen LogP contribution in [0.2, 0.25) is 0 Å². The molecule has 0 aliphatic carbocycles. The lowest BCUT2D eigenvalue weighted by molar-refractivity contribution is -0.130. The Morgan fingerprint density at radius 3 is 2.87 bits per heavy atom. The fourth-order valence-electron chi connectivity index (χ4n) is 2.65. The smallest absolute Gasteiger partial charge is 0.340 e. The van der Waals surface area contributed by atoms with Gasteiger partial charge in [-0.3, -0.25) is 4.79 Å². The highest BCUT2D eigenvalue weighted by molar-refractivity contribution is 5.86. The zero-order valence-corrected chi connectivity index (χ0v) is 12.9. The second-order valence-electron chi connectivity index (χ2n) is 5.38. The molecule has 7 nitrogen and oxygen atoms in total. The maximum atomic E-state index is 12.2. The van der Waals surface area contributed by atoms with Gasteiger partial charge in [-0.05, 0) is 18.6 Å². The first-order valence-corrected chi connectivity index (χ1v) is 7.20. The molecule has 2 heterocycles. The van der Waals surface area contributed by atoms with Crippen molar-refractivity contribution in [3.63, 3.8) is 0 Å². The van der Waals surface area contributed by atoms with Crippen molar-refractivity contribution < 1.29 is 23.8 Å². The summed E-state index contributed by atoms with van der Waals surface area (Å²) in [5, 5.41) is 10.4. The van der Waals surface area contributed by atoms with Gasteiger partial charge in [-0.25, -0.2) is 4.79 Å². The minimum atomic E-state index is -0.576. The van der Waals surface area contributed by atoms with Gasteiger partial charge in [-0.1, -0.05) is 0 Å². The summed E-state index contributed by atoms with van der Waals surface area (Å²) >= 11 is 0. The Balaban J connectivity index is 2.04. The van der Waals surface area contributed by atoms with E-state index in [9.17, 15) is 14.7 Å². The van der Waals surface area contributed by atoms with Gasteiger partial charge in [-0.2, -0.15) is 0 Å². The summed E-state index contributed by atoms with van der Waals surface area (Å²) in [7, 11) is 1.44. The topological polar surface area (TPSA) is 89.2 Å². The summed E-state index contributed by atoms with van der Waals surface area (Å²) < 4.78 is 15.5. The van der Waals surface area contributed by atoms with Crippen molar-refractivity contribution in [1.82, 2.24) is 4.90 Å². The Morgan fingerprint density at radius 2 is 2.22 bits per heavy atom. The number of carbonyl (C=O) groups excluding carboxylic acids is 1. The molecule has 1 aromatic carbocycles. The Morgan fingerprint density at radius 1 is 1.43 bits per heavy atom. The number of carbonyl (C=O) groups is 1. The highest BCUT2D eigenvalue weighted by atomic mass is 16.5. The number of fused-ring (bicyclic) bond motifs is 1. The van der Waals surface area contributed by atoms with Gasteiger partial charge in [0.05, 0.1) is 25.7 Å². The van der Waals surface area contributed by atoms with Crippen molar-refractivity contribution in [1.29, 1.82) is 0 Å². The second-order valence-corrected chi connectivity index (χ2v) is 5.38. The number of aryl methyl sites for hydroxylation is 1. The van der Waals surface area contributed by atoms with Crippen molar-refractivity contribution in [2.75, 3.05) is 27.0 Å². The monoisotopic (exact) mass is 319 g/mol. The van der Waals surface area contributed by atoms with E-state index in [1.165, 1.54) is 13.2 Å². The molecule has 0 atom stereocenters. The molecule has 0 spiro atoms. The quantitative estimate of drug-likeness (QED) is 0.854. The van der Waals surface area contributed by atoms with Crippen LogP contribution < -0.4 is 10.4 Å². The van der Waals surface area contributed by atoms with Crippen LogP contribution in [-0.2, 0) is 16.0 Å². The summed E-state index contributed by atoms with van der Waals surface area (Å²) in [6.07, 6.45) is -0.0450. The highest BCUT2D eigenvalue weighted by Crippen LogP contribution is 2.32. The van der Waals surface area contributed by atoms with Crippen LogP contribution in [0.5, 0.6) is 11.5 Å². The minimum Gasteiger partial charge on any atom is -0.504 e. The Hall–Kier alpha value is -2.54. The molecule has 7 heteroatoms. The predicted molar refractivity (Wildman–Crippen MR) is 81.7 cm³/mol. The van der Waals surface area contributed by atoms with E-state index in [0.717, 1.165) is 0 Å². The summed E-state index contributed by atoms with van der Waals surface area (Å²) in [5.74, 6) is -0.0109. The van der Waals surface area contributed by atoms with E-state index in [1.807, 2.05) is 0 Å². The average molecular weight is 319 g/mol. The maximum absolute atomic E-state index is 12.2. The number of nitrogens with zero attached hydrogens (tertiary/aromatic N) is 1. The summed E-state index contributed by atoms with van der Waals surface area (Å²) in [6, 6.07) is 2.93. The van der Waals surface area contributed by atoms with Gasteiger partial charge < -0.3 is 23.9 Å². The molecule has 122 valence electrons. The number of hydrogen-bond donors (Lipinski definition) is 1. The van der Waals surface area contributed by atoms with Crippen LogP contribution in [0, 0.1) is 6.92 Å². The molecule has 0 unspecified atom stereocenters. The van der Waals surface area contributed by atoms with Gasteiger partial charge in [0.2, 0.25) is 5.91 Å². The molecular formula is C16H17NO6. The first-order valence-electron chi connectivity index (χ1n) is 7.20. The summed E-state index contributed by atoms with van der Waals surface area (Å²) in [4.78, 5) is 26.0. The Kier molecular flexibility index (Phi) is 3.96. The normalized spacial score (nSPS) is 14.4. The van der Waals surface area contributed by atoms with Crippen LogP contribution in [0.15, 0.2) is 21.3 Å². The molecule has 1 aliphatic heterocycles. The molecule has 23 heavy (non-hydrogen) atoms. The van der Waals surface area contributed by atoms with Crippen LogP contribution >= 0.6 is 0 Å². The van der Waals surface area contributed by atoms with Gasteiger partial charge >= 0.3 is 5.63 Å². The van der Waals surface area contributed by atoms with Gasteiger partial charge in [0.1, 0.15) is 12.3 Å². The molecule has 1 N–H and O–H groups in total. The van der Waals surface area contributed by atoms with E-state index in [4.69, 9.17) is 13.9 Å². The number of amides is 1. The fraction of sp³-hybridized carbons (Fsp3) is 0.375. The van der Waals surface area contributed by atoms with Crippen molar-refractivity contribution in [3.05, 3.63) is 33.7 Å². The number of phenolic OH excluding ortho intramolecular Hbond substituents is 1. The van der Waals surface area contributed by atoms with Crippen LogP contribution in [-0.4, -0.2) is 42.9 Å². The Bertz CT molecular complexity index is 819. The summed E-state index contributed by atoms with van der Waals surface area (Å²) in [6.45, 7) is 3.03. The third-order valence-electron chi connectivity index (χ3n) is 4.02. The van der Waals surface area contributed by atoms with Crippen LogP contribution in [0.25, 0.3) is 11.0 Å². The number of phenols is 1. The number of benzene rings is 1. The molecule has 1 saturated heterocycles. The molecule has 0 radical (unpaired) electrons. The minimum absolute atomic E-state index is 0.0450. The molecule has 3 rings (SSSR count). The first kappa shape index (κ1) is 15.4. The van der Waals surface area contributed by atoms with E-state index < -0.39 is 5.63 Å². The predicted octanol–water partition coefficient (Wildman–Crippen LogP) is 1.17. The lowest BCUT2D eigenvalue weighted by Gasteiger charge is -2.14. The van der Waals surface area contributed by atoms with E-state index in [0.29, 0.717) is 29.7 Å². The fourth-order valence-corrected chi connectivity index (χ4v) is 2.65. The highest BCUT2D eigenvalue weighted by Gasteiger charge is 2.22. The molecule has 0 saturated carbocycles. The van der Waals surface area contributed by atoms with Gasteiger partial charge in [0, 0.05) is 18.0 Å². The first-order chi connectivity index (χ1) is 11.0. The van der Waals surface area contributed by atoms with Crippen molar-refractivity contribution >= 4 is 16.9 Å². The van der Waals surface area contributed by atoms with Gasteiger partial charge in [0.15, 0.2) is 11.5 Å². The third-order valence-corrected chi connectivity index (χ3v) is 4.02. The van der Waals surface area contributed by atoms with Crippen molar-refractivity contribution in [3.8, 4) is 11.5 Å². The number of rotatable bonds is 3. The van der Waals surface area contributed by atoms with Gasteiger partial charge in [-0.15, -0.1) is 0 Å². The molecule has 0 bridgehead atoms. The van der Waals surface area contributed by atoms with Crippen LogP contribution in [0.1, 0.15) is 11.1 Å². The van der Waals surface area contributed by atoms with E-state index >= 15 is 0 Å².